The molecule has 3 rings (SSSR count). The van der Waals surface area contributed by atoms with Crippen molar-refractivity contribution in [3.63, 3.8) is 0 Å². The Bertz CT molecular complexity index is 694. The van der Waals surface area contributed by atoms with E-state index in [9.17, 15) is 0 Å². The molecule has 0 aliphatic heterocycles. The van der Waals surface area contributed by atoms with Crippen LogP contribution in [0.1, 0.15) is 0 Å². The van der Waals surface area contributed by atoms with E-state index in [0.29, 0.717) is 21.7 Å². The minimum absolute atomic E-state index is 0.500. The summed E-state index contributed by atoms with van der Waals surface area (Å²) in [5.41, 5.74) is 0. The maximum atomic E-state index is 5.92. The maximum absolute atomic E-state index is 5.92. The zero-order valence-corrected chi connectivity index (χ0v) is 11.3. The Labute approximate surface area is 117 Å². The predicted molar refractivity (Wildman–Crippen MR) is 74.0 cm³/mol. The highest BCUT2D eigenvalue weighted by Gasteiger charge is 2.08. The lowest BCUT2D eigenvalue weighted by Crippen LogP contribution is -1.89. The maximum Gasteiger partial charge on any atom is 0.231 e. The van der Waals surface area contributed by atoms with Gasteiger partial charge in [0.1, 0.15) is 16.9 Å². The van der Waals surface area contributed by atoms with Crippen molar-refractivity contribution in [3.05, 3.63) is 46.0 Å². The Kier molecular flexibility index (Phi) is 3.07. The van der Waals surface area contributed by atoms with Crippen molar-refractivity contribution in [2.45, 2.75) is 0 Å². The lowest BCUT2D eigenvalue weighted by atomic mass is 10.3. The van der Waals surface area contributed by atoms with E-state index in [1.807, 2.05) is 11.4 Å². The van der Waals surface area contributed by atoms with Gasteiger partial charge in [-0.15, -0.1) is 11.3 Å². The van der Waals surface area contributed by atoms with Gasteiger partial charge < -0.3 is 4.74 Å². The summed E-state index contributed by atoms with van der Waals surface area (Å²) in [6, 6.07) is 6.94. The fourth-order valence-corrected chi connectivity index (χ4v) is 2.78. The highest BCUT2D eigenvalue weighted by atomic mass is 35.5. The second-order valence-electron chi connectivity index (χ2n) is 3.53. The molecule has 0 unspecified atom stereocenters. The van der Waals surface area contributed by atoms with Crippen LogP contribution in [-0.4, -0.2) is 9.97 Å². The number of thiophene rings is 1. The van der Waals surface area contributed by atoms with E-state index in [0.717, 1.165) is 10.2 Å². The van der Waals surface area contributed by atoms with Gasteiger partial charge in [0.25, 0.3) is 0 Å². The van der Waals surface area contributed by atoms with Crippen molar-refractivity contribution in [1.82, 2.24) is 9.97 Å². The number of hydrogen-bond acceptors (Lipinski definition) is 4. The van der Waals surface area contributed by atoms with E-state index in [1.165, 1.54) is 17.7 Å². The van der Waals surface area contributed by atoms with Crippen molar-refractivity contribution >= 4 is 44.8 Å². The normalized spacial score (nSPS) is 10.8. The molecule has 1 aromatic carbocycles. The molecule has 0 saturated carbocycles. The van der Waals surface area contributed by atoms with Crippen LogP contribution in [0.15, 0.2) is 36.0 Å². The molecule has 0 aliphatic rings. The SMILES string of the molecule is Clc1cc(Cl)cc(Oc2ncnc3sccc23)c1. The smallest absolute Gasteiger partial charge is 0.231 e. The summed E-state index contributed by atoms with van der Waals surface area (Å²) < 4.78 is 5.70. The molecule has 0 saturated heterocycles. The van der Waals surface area contributed by atoms with Gasteiger partial charge in [-0.2, -0.15) is 0 Å². The third-order valence-electron chi connectivity index (χ3n) is 2.28. The summed E-state index contributed by atoms with van der Waals surface area (Å²) in [4.78, 5) is 9.16. The number of rotatable bonds is 2. The molecular weight excluding hydrogens is 291 g/mol. The van der Waals surface area contributed by atoms with Crippen molar-refractivity contribution < 1.29 is 4.74 Å². The van der Waals surface area contributed by atoms with Gasteiger partial charge in [0.05, 0.1) is 5.39 Å². The average molecular weight is 297 g/mol. The molecular formula is C12H6Cl2N2OS. The number of fused-ring (bicyclic) bond motifs is 1. The van der Waals surface area contributed by atoms with Gasteiger partial charge in [-0.25, -0.2) is 9.97 Å². The van der Waals surface area contributed by atoms with E-state index >= 15 is 0 Å². The van der Waals surface area contributed by atoms with Gasteiger partial charge in [-0.05, 0) is 29.6 Å². The molecule has 18 heavy (non-hydrogen) atoms. The molecule has 6 heteroatoms. The van der Waals surface area contributed by atoms with Gasteiger partial charge in [-0.1, -0.05) is 23.2 Å². The molecule has 0 radical (unpaired) electrons. The first-order chi connectivity index (χ1) is 8.72. The number of halogens is 2. The van der Waals surface area contributed by atoms with Gasteiger partial charge in [0, 0.05) is 10.0 Å². The highest BCUT2D eigenvalue weighted by Crippen LogP contribution is 2.32. The number of hydrogen-bond donors (Lipinski definition) is 0. The summed E-state index contributed by atoms with van der Waals surface area (Å²) in [6.07, 6.45) is 1.47. The third kappa shape index (κ3) is 2.27. The van der Waals surface area contributed by atoms with Crippen LogP contribution >= 0.6 is 34.5 Å². The quantitative estimate of drug-likeness (QED) is 0.682. The standard InChI is InChI=1S/C12H6Cl2N2OS/c13-7-3-8(14)5-9(4-7)17-11-10-1-2-18-12(10)16-6-15-11/h1-6H. The molecule has 3 aromatic rings. The van der Waals surface area contributed by atoms with Crippen LogP contribution in [0.2, 0.25) is 10.0 Å². The minimum atomic E-state index is 0.500. The first-order valence-electron chi connectivity index (χ1n) is 5.04. The average Bonchev–Trinajstić information content (AvgIpc) is 2.76. The van der Waals surface area contributed by atoms with Crippen LogP contribution in [0.5, 0.6) is 11.6 Å². The van der Waals surface area contributed by atoms with Crippen LogP contribution in [-0.2, 0) is 0 Å². The molecule has 3 nitrogen and oxygen atoms in total. The van der Waals surface area contributed by atoms with Crippen molar-refractivity contribution in [2.24, 2.45) is 0 Å². The molecule has 0 aliphatic carbocycles. The Morgan fingerprint density at radius 1 is 1.06 bits per heavy atom. The van der Waals surface area contributed by atoms with Gasteiger partial charge in [0.15, 0.2) is 0 Å². The van der Waals surface area contributed by atoms with Crippen molar-refractivity contribution in [1.29, 1.82) is 0 Å². The summed E-state index contributed by atoms with van der Waals surface area (Å²) in [5.74, 6) is 1.05. The van der Waals surface area contributed by atoms with Crippen LogP contribution in [0.25, 0.3) is 10.2 Å². The topological polar surface area (TPSA) is 35.0 Å². The van der Waals surface area contributed by atoms with Crippen LogP contribution in [0.4, 0.5) is 0 Å². The van der Waals surface area contributed by atoms with E-state index in [1.54, 1.807) is 18.2 Å². The minimum Gasteiger partial charge on any atom is -0.438 e. The van der Waals surface area contributed by atoms with Crippen molar-refractivity contribution in [2.75, 3.05) is 0 Å². The van der Waals surface area contributed by atoms with E-state index in [4.69, 9.17) is 27.9 Å². The second kappa shape index (κ2) is 4.72. The summed E-state index contributed by atoms with van der Waals surface area (Å²) in [5, 5.41) is 3.86. The van der Waals surface area contributed by atoms with E-state index < -0.39 is 0 Å². The number of aromatic nitrogens is 2. The zero-order valence-electron chi connectivity index (χ0n) is 8.93. The first kappa shape index (κ1) is 11.7. The summed E-state index contributed by atoms with van der Waals surface area (Å²) in [7, 11) is 0. The lowest BCUT2D eigenvalue weighted by molar-refractivity contribution is 0.468. The Hall–Kier alpha value is -1.36. The fraction of sp³-hybridized carbons (Fsp3) is 0. The molecule has 2 aromatic heterocycles. The predicted octanol–water partition coefficient (Wildman–Crippen LogP) is 4.79. The Morgan fingerprint density at radius 2 is 1.83 bits per heavy atom. The monoisotopic (exact) mass is 296 g/mol. The van der Waals surface area contributed by atoms with Gasteiger partial charge >= 0.3 is 0 Å². The molecule has 0 atom stereocenters. The summed E-state index contributed by atoms with van der Waals surface area (Å²) in [6.45, 7) is 0. The number of benzene rings is 1. The number of ether oxygens (including phenoxy) is 1. The van der Waals surface area contributed by atoms with Crippen LogP contribution in [0.3, 0.4) is 0 Å². The molecule has 2 heterocycles. The third-order valence-corrected chi connectivity index (χ3v) is 3.53. The molecule has 0 spiro atoms. The lowest BCUT2D eigenvalue weighted by Gasteiger charge is -2.06. The zero-order chi connectivity index (χ0) is 12.5. The fourth-order valence-electron chi connectivity index (χ4n) is 1.55. The second-order valence-corrected chi connectivity index (χ2v) is 5.29. The Morgan fingerprint density at radius 3 is 2.61 bits per heavy atom. The van der Waals surface area contributed by atoms with Gasteiger partial charge in [0.2, 0.25) is 5.88 Å². The molecule has 90 valence electrons. The van der Waals surface area contributed by atoms with Crippen molar-refractivity contribution in [3.8, 4) is 11.6 Å². The molecule has 0 bridgehead atoms. The van der Waals surface area contributed by atoms with Crippen LogP contribution in [0, 0.1) is 0 Å². The molecule has 0 fully saturated rings. The first-order valence-corrected chi connectivity index (χ1v) is 6.68. The number of nitrogens with zero attached hydrogens (tertiary/aromatic N) is 2. The van der Waals surface area contributed by atoms with Crippen LogP contribution < -0.4 is 4.74 Å². The van der Waals surface area contributed by atoms with E-state index in [2.05, 4.69) is 9.97 Å². The molecule has 0 N–H and O–H groups in total. The highest BCUT2D eigenvalue weighted by molar-refractivity contribution is 7.16. The summed E-state index contributed by atoms with van der Waals surface area (Å²) >= 11 is 13.4. The molecule has 0 amide bonds. The van der Waals surface area contributed by atoms with Gasteiger partial charge in [-0.3, -0.25) is 0 Å². The largest absolute Gasteiger partial charge is 0.438 e. The Balaban J connectivity index is 2.03. The van der Waals surface area contributed by atoms with E-state index in [-0.39, 0.29) is 0 Å².